The summed E-state index contributed by atoms with van der Waals surface area (Å²) in [5.74, 6) is 0.531. The van der Waals surface area contributed by atoms with E-state index in [1.54, 1.807) is 16.0 Å². The Morgan fingerprint density at radius 1 is 1.23 bits per heavy atom. The number of oxime groups is 1. The topological polar surface area (TPSA) is 72.6 Å². The Hall–Kier alpha value is -3.00. The first-order valence-electron chi connectivity index (χ1n) is 12.6. The lowest BCUT2D eigenvalue weighted by atomic mass is 9.76. The van der Waals surface area contributed by atoms with E-state index >= 15 is 0 Å². The van der Waals surface area contributed by atoms with Crippen molar-refractivity contribution < 1.29 is 9.63 Å². The van der Waals surface area contributed by atoms with E-state index in [0.29, 0.717) is 12.5 Å². The molecular formula is C27H31N5O2S. The minimum atomic E-state index is -0.328. The predicted octanol–water partition coefficient (Wildman–Crippen LogP) is 4.72. The smallest absolute Gasteiger partial charge is 0.244 e. The predicted molar refractivity (Wildman–Crippen MR) is 136 cm³/mol. The number of carbonyl (C=O) groups is 1. The quantitative estimate of drug-likeness (QED) is 0.532. The Bertz CT molecular complexity index is 1290. The highest BCUT2D eigenvalue weighted by atomic mass is 32.1. The van der Waals surface area contributed by atoms with E-state index in [2.05, 4.69) is 39.9 Å². The minimum absolute atomic E-state index is 0.144. The van der Waals surface area contributed by atoms with Crippen molar-refractivity contribution in [2.75, 3.05) is 13.1 Å². The number of thiazole rings is 1. The molecule has 8 heteroatoms. The standard InChI is InChI=1S/C27H31N5O2S/c1-18-14-19(2)32(29-18)16-25(33)31-12-9-21(10-13-31)26-28-24(17-35-26)23-15-27(34-30-23)11-5-7-20-6-3-4-8-22(20)27/h3-4,6,8,14,17,21H,5,7,9-13,15-16H2,1-2H3/t27-/m1/s1. The molecular weight excluding hydrogens is 458 g/mol. The van der Waals surface area contributed by atoms with E-state index < -0.39 is 0 Å². The number of amides is 1. The highest BCUT2D eigenvalue weighted by Gasteiger charge is 2.44. The zero-order valence-corrected chi connectivity index (χ0v) is 21.2. The van der Waals surface area contributed by atoms with Crippen molar-refractivity contribution in [3.8, 4) is 0 Å². The Morgan fingerprint density at radius 3 is 2.86 bits per heavy atom. The number of piperidine rings is 1. The Balaban J connectivity index is 1.08. The second kappa shape index (κ2) is 8.90. The Morgan fingerprint density at radius 2 is 2.06 bits per heavy atom. The summed E-state index contributed by atoms with van der Waals surface area (Å²) in [6.45, 7) is 5.80. The van der Waals surface area contributed by atoms with Gasteiger partial charge in [-0.1, -0.05) is 29.4 Å². The summed E-state index contributed by atoms with van der Waals surface area (Å²) in [5.41, 5.74) is 6.23. The molecule has 0 unspecified atom stereocenters. The normalized spacial score (nSPS) is 22.2. The summed E-state index contributed by atoms with van der Waals surface area (Å²) in [7, 11) is 0. The molecule has 1 fully saturated rings. The molecule has 1 spiro atoms. The number of hydrogen-bond donors (Lipinski definition) is 0. The van der Waals surface area contributed by atoms with Crippen molar-refractivity contribution >= 4 is 23.0 Å². The van der Waals surface area contributed by atoms with Crippen molar-refractivity contribution in [1.29, 1.82) is 0 Å². The van der Waals surface area contributed by atoms with Crippen molar-refractivity contribution in [3.63, 3.8) is 0 Å². The number of nitrogens with zero attached hydrogens (tertiary/aromatic N) is 5. The summed E-state index contributed by atoms with van der Waals surface area (Å²) < 4.78 is 1.80. The third-order valence-corrected chi connectivity index (χ3v) is 8.73. The van der Waals surface area contributed by atoms with Crippen LogP contribution in [-0.2, 0) is 28.2 Å². The van der Waals surface area contributed by atoms with Crippen molar-refractivity contribution in [2.24, 2.45) is 5.16 Å². The molecule has 3 aromatic rings. The van der Waals surface area contributed by atoms with Crippen molar-refractivity contribution in [3.05, 3.63) is 68.9 Å². The summed E-state index contributed by atoms with van der Waals surface area (Å²) in [6.07, 6.45) is 5.90. The maximum atomic E-state index is 12.8. The molecule has 2 aromatic heterocycles. The maximum Gasteiger partial charge on any atom is 0.244 e. The van der Waals surface area contributed by atoms with E-state index in [4.69, 9.17) is 9.82 Å². The van der Waals surface area contributed by atoms with Gasteiger partial charge in [0.05, 0.1) is 16.4 Å². The van der Waals surface area contributed by atoms with Gasteiger partial charge in [-0.2, -0.15) is 5.10 Å². The van der Waals surface area contributed by atoms with Crippen LogP contribution in [0, 0.1) is 13.8 Å². The molecule has 0 N–H and O–H groups in total. The number of fused-ring (bicyclic) bond motifs is 2. The highest BCUT2D eigenvalue weighted by molar-refractivity contribution is 7.10. The molecule has 4 heterocycles. The third kappa shape index (κ3) is 4.18. The van der Waals surface area contributed by atoms with Gasteiger partial charge in [-0.15, -0.1) is 11.3 Å². The highest BCUT2D eigenvalue weighted by Crippen LogP contribution is 2.45. The number of likely N-dealkylation sites (tertiary alicyclic amines) is 1. The van der Waals surface area contributed by atoms with Gasteiger partial charge in [-0.25, -0.2) is 4.98 Å². The number of aromatic nitrogens is 3. The van der Waals surface area contributed by atoms with E-state index in [-0.39, 0.29) is 11.5 Å². The molecule has 6 rings (SSSR count). The fourth-order valence-electron chi connectivity index (χ4n) is 5.82. The van der Waals surface area contributed by atoms with Crippen LogP contribution in [0.2, 0.25) is 0 Å². The number of aryl methyl sites for hydroxylation is 3. The van der Waals surface area contributed by atoms with Gasteiger partial charge in [0, 0.05) is 42.1 Å². The summed E-state index contributed by atoms with van der Waals surface area (Å²) in [4.78, 5) is 25.9. The van der Waals surface area contributed by atoms with E-state index in [1.165, 1.54) is 11.1 Å². The van der Waals surface area contributed by atoms with Crippen LogP contribution in [0.4, 0.5) is 0 Å². The fraction of sp³-hybridized carbons (Fsp3) is 0.481. The molecule has 35 heavy (non-hydrogen) atoms. The number of hydrogen-bond acceptors (Lipinski definition) is 6. The molecule has 182 valence electrons. The zero-order chi connectivity index (χ0) is 24.0. The van der Waals surface area contributed by atoms with Gasteiger partial charge in [-0.3, -0.25) is 9.48 Å². The summed E-state index contributed by atoms with van der Waals surface area (Å²) >= 11 is 1.72. The molecule has 1 saturated heterocycles. The Labute approximate surface area is 209 Å². The van der Waals surface area contributed by atoms with Crippen molar-refractivity contribution in [2.45, 2.75) is 70.4 Å². The molecule has 1 amide bonds. The van der Waals surface area contributed by atoms with Gasteiger partial charge < -0.3 is 9.74 Å². The third-order valence-electron chi connectivity index (χ3n) is 7.72. The van der Waals surface area contributed by atoms with Gasteiger partial charge in [0.25, 0.3) is 0 Å². The molecule has 0 radical (unpaired) electrons. The average molecular weight is 490 g/mol. The van der Waals surface area contributed by atoms with E-state index in [1.807, 2.05) is 24.8 Å². The van der Waals surface area contributed by atoms with Crippen LogP contribution < -0.4 is 0 Å². The van der Waals surface area contributed by atoms with Gasteiger partial charge >= 0.3 is 0 Å². The Kier molecular flexibility index (Phi) is 5.71. The molecule has 0 saturated carbocycles. The lowest BCUT2D eigenvalue weighted by molar-refractivity contribution is -0.133. The summed E-state index contributed by atoms with van der Waals surface area (Å²) in [6, 6.07) is 10.6. The maximum absolute atomic E-state index is 12.8. The van der Waals surface area contributed by atoms with E-state index in [0.717, 1.165) is 79.4 Å². The fourth-order valence-corrected chi connectivity index (χ4v) is 6.82. The largest absolute Gasteiger partial charge is 0.384 e. The first-order chi connectivity index (χ1) is 17.0. The lowest BCUT2D eigenvalue weighted by Gasteiger charge is -2.33. The van der Waals surface area contributed by atoms with Gasteiger partial charge in [0.1, 0.15) is 12.3 Å². The molecule has 0 bridgehead atoms. The van der Waals surface area contributed by atoms with Crippen LogP contribution >= 0.6 is 11.3 Å². The molecule has 2 aliphatic heterocycles. The first-order valence-corrected chi connectivity index (χ1v) is 13.5. The van der Waals surface area contributed by atoms with Crippen LogP contribution in [0.15, 0.2) is 40.9 Å². The molecule has 1 aliphatic carbocycles. The molecule has 7 nitrogen and oxygen atoms in total. The average Bonchev–Trinajstić information content (AvgIpc) is 3.59. The van der Waals surface area contributed by atoms with Crippen LogP contribution in [-0.4, -0.2) is 44.4 Å². The second-order valence-corrected chi connectivity index (χ2v) is 11.0. The van der Waals surface area contributed by atoms with Crippen LogP contribution in [0.3, 0.4) is 0 Å². The minimum Gasteiger partial charge on any atom is -0.384 e. The second-order valence-electron chi connectivity index (χ2n) is 10.1. The molecule has 3 aliphatic rings. The van der Waals surface area contributed by atoms with Crippen LogP contribution in [0.25, 0.3) is 0 Å². The van der Waals surface area contributed by atoms with Crippen LogP contribution in [0.1, 0.15) is 71.2 Å². The van der Waals surface area contributed by atoms with Gasteiger partial charge in [0.2, 0.25) is 5.91 Å². The number of rotatable bonds is 4. The van der Waals surface area contributed by atoms with Gasteiger partial charge in [-0.05, 0) is 57.6 Å². The number of carbonyl (C=O) groups excluding carboxylic acids is 1. The molecule has 1 aromatic carbocycles. The van der Waals surface area contributed by atoms with Gasteiger partial charge in [0.15, 0.2) is 5.60 Å². The monoisotopic (exact) mass is 489 g/mol. The van der Waals surface area contributed by atoms with E-state index in [9.17, 15) is 4.79 Å². The van der Waals surface area contributed by atoms with Crippen molar-refractivity contribution in [1.82, 2.24) is 19.7 Å². The molecule has 1 atom stereocenters. The zero-order valence-electron chi connectivity index (χ0n) is 20.4. The van der Waals surface area contributed by atoms with Crippen LogP contribution in [0.5, 0.6) is 0 Å². The number of benzene rings is 1. The SMILES string of the molecule is Cc1cc(C)n(CC(=O)N2CCC(c3nc(C4=NO[C@]5(CCCc6ccccc65)C4)cs3)CC2)n1. The first kappa shape index (κ1) is 22.5. The summed E-state index contributed by atoms with van der Waals surface area (Å²) in [5, 5.41) is 12.2. The lowest BCUT2D eigenvalue weighted by Crippen LogP contribution is -2.40.